The molecule has 0 aliphatic heterocycles. The topological polar surface area (TPSA) is 107 Å². The molecule has 4 N–H and O–H groups in total. The molecule has 1 rings (SSSR count). The molecule has 0 unspecified atom stereocenters. The lowest BCUT2D eigenvalue weighted by atomic mass is 9.97. The Labute approximate surface area is 115 Å². The zero-order valence-electron chi connectivity index (χ0n) is 11.2. The standard InChI is InChI=1S/C12H23NO.H2O4S/c14-11-5-4-9-13-10-8-12-6-2-1-3-7-12;1-5(2,3)4/h6,13-14H,1-5,7-11H2;(H2,1,2,3,4). The second-order valence-electron chi connectivity index (χ2n) is 4.49. The molecule has 6 nitrogen and oxygen atoms in total. The Balaban J connectivity index is 0.000000555. The highest BCUT2D eigenvalue weighted by Gasteiger charge is 2.02. The van der Waals surface area contributed by atoms with Crippen molar-refractivity contribution in [2.75, 3.05) is 19.7 Å². The Morgan fingerprint density at radius 2 is 1.84 bits per heavy atom. The van der Waals surface area contributed by atoms with Crippen LogP contribution in [0.4, 0.5) is 0 Å². The Morgan fingerprint density at radius 1 is 1.16 bits per heavy atom. The number of aliphatic hydroxyl groups excluding tert-OH is 1. The molecule has 0 aromatic carbocycles. The molecule has 0 aromatic rings. The van der Waals surface area contributed by atoms with Crippen molar-refractivity contribution in [3.63, 3.8) is 0 Å². The number of hydrogen-bond acceptors (Lipinski definition) is 4. The van der Waals surface area contributed by atoms with Crippen molar-refractivity contribution in [2.45, 2.75) is 44.9 Å². The third-order valence-corrected chi connectivity index (χ3v) is 2.77. The highest BCUT2D eigenvalue weighted by atomic mass is 32.3. The van der Waals surface area contributed by atoms with E-state index >= 15 is 0 Å². The van der Waals surface area contributed by atoms with Crippen molar-refractivity contribution in [2.24, 2.45) is 0 Å². The van der Waals surface area contributed by atoms with E-state index in [0.717, 1.165) is 25.9 Å². The van der Waals surface area contributed by atoms with Crippen LogP contribution in [0.25, 0.3) is 0 Å². The second-order valence-corrected chi connectivity index (χ2v) is 5.38. The summed E-state index contributed by atoms with van der Waals surface area (Å²) in [5, 5.41) is 12.0. The quantitative estimate of drug-likeness (QED) is 0.323. The van der Waals surface area contributed by atoms with Crippen LogP contribution in [0.2, 0.25) is 0 Å². The molecule has 0 saturated heterocycles. The molecule has 1 aliphatic carbocycles. The fourth-order valence-corrected chi connectivity index (χ4v) is 1.87. The van der Waals surface area contributed by atoms with Crippen molar-refractivity contribution in [3.8, 4) is 0 Å². The molecule has 0 amide bonds. The van der Waals surface area contributed by atoms with Crippen LogP contribution in [0.3, 0.4) is 0 Å². The molecular weight excluding hydrogens is 270 g/mol. The van der Waals surface area contributed by atoms with Gasteiger partial charge in [0.25, 0.3) is 0 Å². The number of allylic oxidation sites excluding steroid dienone is 1. The van der Waals surface area contributed by atoms with E-state index in [1.165, 1.54) is 32.1 Å². The molecule has 0 heterocycles. The SMILES string of the molecule is O=S(=O)(O)O.OCCCCNCCC1=CCCCC1. The van der Waals surface area contributed by atoms with Gasteiger partial charge in [-0.3, -0.25) is 9.11 Å². The predicted octanol–water partition coefficient (Wildman–Crippen LogP) is 1.59. The van der Waals surface area contributed by atoms with E-state index in [-0.39, 0.29) is 0 Å². The van der Waals surface area contributed by atoms with Gasteiger partial charge in [0.2, 0.25) is 0 Å². The van der Waals surface area contributed by atoms with E-state index in [1.54, 1.807) is 5.57 Å². The van der Waals surface area contributed by atoms with Gasteiger partial charge < -0.3 is 10.4 Å². The average Bonchev–Trinajstić information content (AvgIpc) is 2.33. The van der Waals surface area contributed by atoms with Gasteiger partial charge in [-0.05, 0) is 58.0 Å². The molecule has 0 aromatic heterocycles. The largest absolute Gasteiger partial charge is 0.396 e. The van der Waals surface area contributed by atoms with Crippen LogP contribution in [0.15, 0.2) is 11.6 Å². The van der Waals surface area contributed by atoms with Crippen LogP contribution < -0.4 is 5.32 Å². The van der Waals surface area contributed by atoms with Gasteiger partial charge in [0.15, 0.2) is 0 Å². The number of hydrogen-bond donors (Lipinski definition) is 4. The van der Waals surface area contributed by atoms with Gasteiger partial charge in [0, 0.05) is 6.61 Å². The lowest BCUT2D eigenvalue weighted by molar-refractivity contribution is 0.284. The summed E-state index contributed by atoms with van der Waals surface area (Å²) in [7, 11) is -4.67. The Bertz CT molecular complexity index is 332. The first-order valence-corrected chi connectivity index (χ1v) is 8.02. The zero-order valence-corrected chi connectivity index (χ0v) is 12.0. The highest BCUT2D eigenvalue weighted by molar-refractivity contribution is 7.79. The fourth-order valence-electron chi connectivity index (χ4n) is 1.87. The van der Waals surface area contributed by atoms with Crippen molar-refractivity contribution in [1.29, 1.82) is 0 Å². The van der Waals surface area contributed by atoms with Gasteiger partial charge in [0.05, 0.1) is 0 Å². The molecule has 0 saturated carbocycles. The predicted molar refractivity (Wildman–Crippen MR) is 74.5 cm³/mol. The van der Waals surface area contributed by atoms with Gasteiger partial charge in [0.1, 0.15) is 0 Å². The van der Waals surface area contributed by atoms with Crippen molar-refractivity contribution >= 4 is 10.4 Å². The molecule has 0 radical (unpaired) electrons. The Hall–Kier alpha value is -0.470. The lowest BCUT2D eigenvalue weighted by Crippen LogP contribution is -2.17. The van der Waals surface area contributed by atoms with E-state index in [9.17, 15) is 0 Å². The second kappa shape index (κ2) is 11.4. The van der Waals surface area contributed by atoms with Crippen LogP contribution in [0.5, 0.6) is 0 Å². The molecule has 114 valence electrons. The maximum Gasteiger partial charge on any atom is 0.394 e. The van der Waals surface area contributed by atoms with Gasteiger partial charge >= 0.3 is 10.4 Å². The molecule has 0 spiro atoms. The normalized spacial score (nSPS) is 15.4. The highest BCUT2D eigenvalue weighted by Crippen LogP contribution is 2.19. The van der Waals surface area contributed by atoms with Gasteiger partial charge in [-0.15, -0.1) is 0 Å². The third-order valence-electron chi connectivity index (χ3n) is 2.77. The lowest BCUT2D eigenvalue weighted by Gasteiger charge is -2.12. The minimum atomic E-state index is -4.67. The van der Waals surface area contributed by atoms with Gasteiger partial charge in [-0.1, -0.05) is 11.6 Å². The smallest absolute Gasteiger partial charge is 0.394 e. The molecule has 0 atom stereocenters. The van der Waals surface area contributed by atoms with Crippen LogP contribution in [-0.4, -0.2) is 42.3 Å². The summed E-state index contributed by atoms with van der Waals surface area (Å²) in [5.74, 6) is 0. The Kier molecular flexibility index (Phi) is 11.1. The van der Waals surface area contributed by atoms with E-state index < -0.39 is 10.4 Å². The summed E-state index contributed by atoms with van der Waals surface area (Å²) < 4.78 is 31.6. The molecule has 1 aliphatic rings. The molecule has 19 heavy (non-hydrogen) atoms. The first kappa shape index (κ1) is 18.5. The van der Waals surface area contributed by atoms with E-state index in [0.29, 0.717) is 6.61 Å². The molecule has 0 bridgehead atoms. The summed E-state index contributed by atoms with van der Waals surface area (Å²) in [6.07, 6.45) is 11.0. The van der Waals surface area contributed by atoms with Crippen LogP contribution >= 0.6 is 0 Å². The van der Waals surface area contributed by atoms with E-state index in [1.807, 2.05) is 0 Å². The van der Waals surface area contributed by atoms with Crippen molar-refractivity contribution in [1.82, 2.24) is 5.32 Å². The first-order chi connectivity index (χ1) is 8.93. The number of rotatable bonds is 7. The molecular formula is C12H25NO5S. The summed E-state index contributed by atoms with van der Waals surface area (Å²) >= 11 is 0. The van der Waals surface area contributed by atoms with Gasteiger partial charge in [-0.2, -0.15) is 8.42 Å². The maximum atomic E-state index is 8.74. The summed E-state index contributed by atoms with van der Waals surface area (Å²) in [4.78, 5) is 0. The van der Waals surface area contributed by atoms with Crippen LogP contribution in [-0.2, 0) is 10.4 Å². The van der Waals surface area contributed by atoms with Crippen LogP contribution in [0, 0.1) is 0 Å². The van der Waals surface area contributed by atoms with Gasteiger partial charge in [-0.25, -0.2) is 0 Å². The van der Waals surface area contributed by atoms with Crippen molar-refractivity contribution < 1.29 is 22.6 Å². The fraction of sp³-hybridized carbons (Fsp3) is 0.833. The first-order valence-electron chi connectivity index (χ1n) is 6.63. The van der Waals surface area contributed by atoms with E-state index in [2.05, 4.69) is 11.4 Å². The minimum Gasteiger partial charge on any atom is -0.396 e. The molecule has 0 fully saturated rings. The summed E-state index contributed by atoms with van der Waals surface area (Å²) in [6.45, 7) is 2.48. The number of nitrogens with one attached hydrogen (secondary N) is 1. The zero-order chi connectivity index (χ0) is 14.6. The summed E-state index contributed by atoms with van der Waals surface area (Å²) in [5.41, 5.74) is 1.64. The monoisotopic (exact) mass is 295 g/mol. The average molecular weight is 295 g/mol. The maximum absolute atomic E-state index is 8.74. The van der Waals surface area contributed by atoms with E-state index in [4.69, 9.17) is 22.6 Å². The van der Waals surface area contributed by atoms with Crippen molar-refractivity contribution in [3.05, 3.63) is 11.6 Å². The Morgan fingerprint density at radius 3 is 2.37 bits per heavy atom. The number of unbranched alkanes of at least 4 members (excludes halogenated alkanes) is 1. The third kappa shape index (κ3) is 17.5. The number of aliphatic hydroxyl groups is 1. The van der Waals surface area contributed by atoms with Crippen LogP contribution in [0.1, 0.15) is 44.9 Å². The molecule has 7 heteroatoms. The summed E-state index contributed by atoms with van der Waals surface area (Å²) in [6, 6.07) is 0. The minimum absolute atomic E-state index is 0.326.